The average Bonchev–Trinajstić information content (AvgIpc) is 2.54. The van der Waals surface area contributed by atoms with Crippen LogP contribution in [-0.2, 0) is 4.79 Å². The Balaban J connectivity index is 3.33. The van der Waals surface area contributed by atoms with Crippen LogP contribution < -0.4 is 0 Å². The summed E-state index contributed by atoms with van der Waals surface area (Å²) in [6.07, 6.45) is 20.0. The van der Waals surface area contributed by atoms with Crippen molar-refractivity contribution in [3.63, 3.8) is 0 Å². The Morgan fingerprint density at radius 2 is 0.955 bits per heavy atom. The van der Waals surface area contributed by atoms with Crippen LogP contribution in [0.25, 0.3) is 0 Å². The van der Waals surface area contributed by atoms with E-state index in [1.807, 2.05) is 0 Å². The van der Waals surface area contributed by atoms with Crippen LogP contribution in [0.1, 0.15) is 104 Å². The summed E-state index contributed by atoms with van der Waals surface area (Å²) in [5.74, 6) is 0. The zero-order valence-corrected chi connectivity index (χ0v) is 15.7. The highest BCUT2D eigenvalue weighted by Crippen LogP contribution is 2.13. The minimum atomic E-state index is 0.617. The summed E-state index contributed by atoms with van der Waals surface area (Å²) in [4.78, 5) is 11.2. The van der Waals surface area contributed by atoms with Crippen LogP contribution in [0.3, 0.4) is 0 Å². The molecule has 22 heavy (non-hydrogen) atoms. The van der Waals surface area contributed by atoms with Crippen LogP contribution in [0, 0.1) is 0 Å². The van der Waals surface area contributed by atoms with Crippen molar-refractivity contribution < 1.29 is 9.28 Å². The number of rotatable bonds is 17. The van der Waals surface area contributed by atoms with Gasteiger partial charge in [-0.1, -0.05) is 84.5 Å². The van der Waals surface area contributed by atoms with Crippen molar-refractivity contribution in [1.29, 1.82) is 0 Å². The Bertz CT molecular complexity index is 242. The first-order chi connectivity index (χ1) is 10.7. The second-order valence-corrected chi connectivity index (χ2v) is 7.27. The topological polar surface area (TPSA) is 17.1 Å². The van der Waals surface area contributed by atoms with Gasteiger partial charge in [-0.25, -0.2) is 4.79 Å². The smallest absolute Gasteiger partial charge is 0.266 e. The standard InChI is InChI=1S/C20H42NO/c1-4-6-8-9-10-11-12-13-14-15-16-17-19-21(3,20-22)18-7-5-2/h20H,4-19H2,1-3H3/q+1. The third-order valence-electron chi connectivity index (χ3n) is 4.80. The van der Waals surface area contributed by atoms with Gasteiger partial charge < -0.3 is 0 Å². The number of carbonyl (C=O) groups excluding carboxylic acids is 1. The van der Waals surface area contributed by atoms with Crippen molar-refractivity contribution in [1.82, 2.24) is 0 Å². The summed E-state index contributed by atoms with van der Waals surface area (Å²) in [6.45, 7) is 6.51. The lowest BCUT2D eigenvalue weighted by Gasteiger charge is -2.27. The van der Waals surface area contributed by atoms with Crippen molar-refractivity contribution in [2.45, 2.75) is 104 Å². The van der Waals surface area contributed by atoms with E-state index in [9.17, 15) is 4.79 Å². The quantitative estimate of drug-likeness (QED) is 0.180. The minimum absolute atomic E-state index is 0.617. The molecule has 0 radical (unpaired) electrons. The van der Waals surface area contributed by atoms with Crippen LogP contribution >= 0.6 is 0 Å². The van der Waals surface area contributed by atoms with Crippen LogP contribution in [0.5, 0.6) is 0 Å². The first-order valence-corrected chi connectivity index (χ1v) is 9.99. The zero-order valence-electron chi connectivity index (χ0n) is 15.7. The number of nitrogens with zero attached hydrogens (tertiary/aromatic N) is 1. The fourth-order valence-corrected chi connectivity index (χ4v) is 3.05. The summed E-state index contributed by atoms with van der Waals surface area (Å²) in [5.41, 5.74) is 0. The second-order valence-electron chi connectivity index (χ2n) is 7.27. The molecule has 0 N–H and O–H groups in total. The zero-order chi connectivity index (χ0) is 16.5. The van der Waals surface area contributed by atoms with Gasteiger partial charge in [0.05, 0.1) is 20.1 Å². The lowest BCUT2D eigenvalue weighted by molar-refractivity contribution is -0.826. The van der Waals surface area contributed by atoms with E-state index in [0.29, 0.717) is 4.48 Å². The molecule has 1 amide bonds. The van der Waals surface area contributed by atoms with Gasteiger partial charge in [-0.15, -0.1) is 0 Å². The largest absolute Gasteiger partial charge is 0.301 e. The Morgan fingerprint density at radius 3 is 1.36 bits per heavy atom. The molecular formula is C20H42NO+. The predicted molar refractivity (Wildman–Crippen MR) is 98.0 cm³/mol. The third kappa shape index (κ3) is 13.3. The van der Waals surface area contributed by atoms with Crippen molar-refractivity contribution in [3.8, 4) is 0 Å². The fraction of sp³-hybridized carbons (Fsp3) is 0.950. The third-order valence-corrected chi connectivity index (χ3v) is 4.80. The van der Waals surface area contributed by atoms with E-state index in [4.69, 9.17) is 0 Å². The highest BCUT2D eigenvalue weighted by atomic mass is 16.1. The Morgan fingerprint density at radius 1 is 0.591 bits per heavy atom. The van der Waals surface area contributed by atoms with Crippen molar-refractivity contribution >= 4 is 6.41 Å². The van der Waals surface area contributed by atoms with Gasteiger partial charge in [0.1, 0.15) is 0 Å². The van der Waals surface area contributed by atoms with Gasteiger partial charge in [0.15, 0.2) is 0 Å². The van der Waals surface area contributed by atoms with Crippen LogP contribution in [0.2, 0.25) is 0 Å². The van der Waals surface area contributed by atoms with Crippen molar-refractivity contribution in [3.05, 3.63) is 0 Å². The molecule has 0 aromatic heterocycles. The first kappa shape index (κ1) is 21.6. The molecule has 0 bridgehead atoms. The lowest BCUT2D eigenvalue weighted by atomic mass is 10.1. The second kappa shape index (κ2) is 15.5. The van der Waals surface area contributed by atoms with Gasteiger partial charge >= 0.3 is 6.41 Å². The van der Waals surface area contributed by atoms with Crippen LogP contribution in [-0.4, -0.2) is 31.0 Å². The molecular weight excluding hydrogens is 270 g/mol. The Kier molecular flexibility index (Phi) is 15.3. The Hall–Kier alpha value is -0.370. The summed E-state index contributed by atoms with van der Waals surface area (Å²) in [7, 11) is 2.08. The number of quaternary nitrogens is 1. The lowest BCUT2D eigenvalue weighted by Crippen LogP contribution is -2.44. The molecule has 0 aromatic rings. The van der Waals surface area contributed by atoms with E-state index in [2.05, 4.69) is 20.9 Å². The number of hydrogen-bond acceptors (Lipinski definition) is 1. The van der Waals surface area contributed by atoms with Gasteiger partial charge in [0.2, 0.25) is 0 Å². The number of amides is 1. The average molecular weight is 313 g/mol. The number of carbonyl (C=O) groups is 1. The molecule has 0 spiro atoms. The highest BCUT2D eigenvalue weighted by molar-refractivity contribution is 5.36. The predicted octanol–water partition coefficient (Wildman–Crippen LogP) is 6.09. The molecule has 0 aromatic carbocycles. The first-order valence-electron chi connectivity index (χ1n) is 9.99. The molecule has 0 saturated carbocycles. The normalized spacial score (nSPS) is 14.0. The summed E-state index contributed by atoms with van der Waals surface area (Å²) < 4.78 is 0.617. The molecule has 2 heteroatoms. The van der Waals surface area contributed by atoms with E-state index < -0.39 is 0 Å². The van der Waals surface area contributed by atoms with Crippen molar-refractivity contribution in [2.75, 3.05) is 20.1 Å². The Labute approximate surface area is 140 Å². The van der Waals surface area contributed by atoms with Gasteiger partial charge in [0.25, 0.3) is 0 Å². The molecule has 0 rings (SSSR count). The molecule has 0 heterocycles. The van der Waals surface area contributed by atoms with E-state index in [1.165, 1.54) is 83.5 Å². The van der Waals surface area contributed by atoms with Crippen molar-refractivity contribution in [2.24, 2.45) is 0 Å². The van der Waals surface area contributed by atoms with Gasteiger partial charge in [-0.05, 0) is 19.3 Å². The van der Waals surface area contributed by atoms with Crippen LogP contribution in [0.4, 0.5) is 0 Å². The maximum atomic E-state index is 11.2. The molecule has 1 atom stereocenters. The summed E-state index contributed by atoms with van der Waals surface area (Å²) in [5, 5.41) is 0. The van der Waals surface area contributed by atoms with Gasteiger partial charge in [-0.3, -0.25) is 4.48 Å². The molecule has 0 aliphatic heterocycles. The fourth-order valence-electron chi connectivity index (χ4n) is 3.05. The van der Waals surface area contributed by atoms with Gasteiger partial charge in [0, 0.05) is 0 Å². The molecule has 0 fully saturated rings. The van der Waals surface area contributed by atoms with Crippen LogP contribution in [0.15, 0.2) is 0 Å². The maximum Gasteiger partial charge on any atom is 0.301 e. The molecule has 0 aliphatic carbocycles. The molecule has 0 saturated heterocycles. The van der Waals surface area contributed by atoms with E-state index in [-0.39, 0.29) is 0 Å². The summed E-state index contributed by atoms with van der Waals surface area (Å²) in [6, 6.07) is 0. The highest BCUT2D eigenvalue weighted by Gasteiger charge is 2.18. The van der Waals surface area contributed by atoms with Gasteiger partial charge in [-0.2, -0.15) is 0 Å². The monoisotopic (exact) mass is 312 g/mol. The maximum absolute atomic E-state index is 11.2. The van der Waals surface area contributed by atoms with E-state index in [0.717, 1.165) is 25.9 Å². The molecule has 2 nitrogen and oxygen atoms in total. The molecule has 1 unspecified atom stereocenters. The SMILES string of the molecule is CCCCCCCCCCCCCC[N+](C)(C=O)CCCC. The molecule has 0 aliphatic rings. The van der Waals surface area contributed by atoms with E-state index >= 15 is 0 Å². The number of hydrogen-bond donors (Lipinski definition) is 0. The minimum Gasteiger partial charge on any atom is -0.266 e. The summed E-state index contributed by atoms with van der Waals surface area (Å²) >= 11 is 0. The van der Waals surface area contributed by atoms with E-state index in [1.54, 1.807) is 0 Å². The number of unbranched alkanes of at least 4 members (excludes halogenated alkanes) is 12. The molecule has 132 valence electrons.